The largest absolute Gasteiger partial charge is 0.496 e. The number of methoxy groups -OCH3 is 1. The van der Waals surface area contributed by atoms with Crippen LogP contribution in [0.2, 0.25) is 0 Å². The second-order valence-electron chi connectivity index (χ2n) is 8.38. The zero-order valence-electron chi connectivity index (χ0n) is 20.0. The van der Waals surface area contributed by atoms with Gasteiger partial charge >= 0.3 is 0 Å². The molecule has 0 aromatic heterocycles. The number of ether oxygens (including phenoxy) is 1. The topological polar surface area (TPSA) is 65.1 Å². The average molecular weight is 457 g/mol. The van der Waals surface area contributed by atoms with Crippen molar-refractivity contribution in [3.05, 3.63) is 84.1 Å². The first-order chi connectivity index (χ1) is 16.3. The summed E-state index contributed by atoms with van der Waals surface area (Å²) in [6.45, 7) is 0. The highest BCUT2D eigenvalue weighted by Crippen LogP contribution is 2.38. The van der Waals surface area contributed by atoms with E-state index in [1.165, 1.54) is 4.90 Å². The number of benzene rings is 3. The number of anilines is 4. The third kappa shape index (κ3) is 4.20. The Bertz CT molecular complexity index is 1260. The molecule has 1 N–H and O–H groups in total. The minimum atomic E-state index is -0.418. The molecule has 7 heteroatoms. The van der Waals surface area contributed by atoms with Crippen molar-refractivity contribution < 1.29 is 14.3 Å². The van der Waals surface area contributed by atoms with Gasteiger partial charge in [0.2, 0.25) is 0 Å². The molecule has 0 fully saturated rings. The smallest absolute Gasteiger partial charge is 0.282 e. The second-order valence-corrected chi connectivity index (χ2v) is 8.38. The molecule has 0 saturated heterocycles. The van der Waals surface area contributed by atoms with Crippen molar-refractivity contribution in [3.63, 3.8) is 0 Å². The first-order valence-corrected chi connectivity index (χ1v) is 10.9. The Morgan fingerprint density at radius 3 is 2.09 bits per heavy atom. The van der Waals surface area contributed by atoms with Crippen molar-refractivity contribution in [2.24, 2.45) is 0 Å². The van der Waals surface area contributed by atoms with Gasteiger partial charge in [0.1, 0.15) is 11.4 Å². The van der Waals surface area contributed by atoms with Crippen molar-refractivity contribution >= 4 is 40.1 Å². The number of hydrogen-bond acceptors (Lipinski definition) is 6. The van der Waals surface area contributed by atoms with Crippen molar-refractivity contribution in [3.8, 4) is 5.75 Å². The van der Waals surface area contributed by atoms with Crippen molar-refractivity contribution in [2.45, 2.75) is 0 Å². The normalized spacial score (nSPS) is 13.4. The molecule has 0 bridgehead atoms. The van der Waals surface area contributed by atoms with Crippen LogP contribution in [0.4, 0.5) is 22.7 Å². The fraction of sp³-hybridized carbons (Fsp3) is 0.185. The molecule has 7 nitrogen and oxygen atoms in total. The third-order valence-corrected chi connectivity index (χ3v) is 5.72. The fourth-order valence-corrected chi connectivity index (χ4v) is 3.88. The maximum Gasteiger partial charge on any atom is 0.282 e. The molecule has 0 aliphatic carbocycles. The van der Waals surface area contributed by atoms with E-state index >= 15 is 0 Å². The second kappa shape index (κ2) is 9.31. The monoisotopic (exact) mass is 456 g/mol. The van der Waals surface area contributed by atoms with E-state index in [4.69, 9.17) is 4.74 Å². The van der Waals surface area contributed by atoms with E-state index in [1.807, 2.05) is 92.6 Å². The molecule has 34 heavy (non-hydrogen) atoms. The number of carbonyl (C=O) groups excluding carboxylic acids is 2. The minimum absolute atomic E-state index is 0.211. The van der Waals surface area contributed by atoms with E-state index in [0.29, 0.717) is 22.7 Å². The van der Waals surface area contributed by atoms with Gasteiger partial charge in [-0.15, -0.1) is 0 Å². The molecule has 3 aromatic carbocycles. The SMILES string of the molecule is COc1ccccc1C1=C(Nc2ccc(N(C)C)cc2)C(=O)N(c2cccc(N(C)C)c2)C1=O. The summed E-state index contributed by atoms with van der Waals surface area (Å²) in [5, 5.41) is 3.21. The Kier molecular flexibility index (Phi) is 6.27. The Balaban J connectivity index is 1.82. The van der Waals surface area contributed by atoms with Crippen LogP contribution >= 0.6 is 0 Å². The third-order valence-electron chi connectivity index (χ3n) is 5.72. The van der Waals surface area contributed by atoms with E-state index in [9.17, 15) is 9.59 Å². The highest BCUT2D eigenvalue weighted by molar-refractivity contribution is 6.46. The quantitative estimate of drug-likeness (QED) is 0.537. The number of para-hydroxylation sites is 1. The number of hydrogen-bond donors (Lipinski definition) is 1. The first-order valence-electron chi connectivity index (χ1n) is 10.9. The van der Waals surface area contributed by atoms with Gasteiger partial charge in [-0.1, -0.05) is 24.3 Å². The summed E-state index contributed by atoms with van der Waals surface area (Å²) in [6.07, 6.45) is 0. The molecule has 0 saturated carbocycles. The lowest BCUT2D eigenvalue weighted by Crippen LogP contribution is -2.32. The van der Waals surface area contributed by atoms with Gasteiger partial charge < -0.3 is 19.9 Å². The van der Waals surface area contributed by atoms with Crippen LogP contribution in [0.15, 0.2) is 78.5 Å². The Morgan fingerprint density at radius 2 is 1.44 bits per heavy atom. The fourth-order valence-electron chi connectivity index (χ4n) is 3.88. The first kappa shape index (κ1) is 22.9. The lowest BCUT2D eigenvalue weighted by atomic mass is 10.0. The maximum atomic E-state index is 13.7. The van der Waals surface area contributed by atoms with E-state index in [-0.39, 0.29) is 11.3 Å². The highest BCUT2D eigenvalue weighted by atomic mass is 16.5. The summed E-state index contributed by atoms with van der Waals surface area (Å²) in [5.41, 5.74) is 4.17. The van der Waals surface area contributed by atoms with Crippen LogP contribution in [-0.2, 0) is 9.59 Å². The van der Waals surface area contributed by atoms with Crippen LogP contribution in [0, 0.1) is 0 Å². The molecule has 1 aliphatic rings. The minimum Gasteiger partial charge on any atom is -0.496 e. The summed E-state index contributed by atoms with van der Waals surface area (Å²) >= 11 is 0. The van der Waals surface area contributed by atoms with Gasteiger partial charge in [-0.25, -0.2) is 4.90 Å². The van der Waals surface area contributed by atoms with Gasteiger partial charge in [-0.05, 0) is 48.5 Å². The van der Waals surface area contributed by atoms with Gasteiger partial charge in [-0.2, -0.15) is 0 Å². The Morgan fingerprint density at radius 1 is 0.765 bits per heavy atom. The Labute approximate surface area is 199 Å². The van der Waals surface area contributed by atoms with E-state index in [0.717, 1.165) is 11.4 Å². The molecule has 1 heterocycles. The molecule has 0 spiro atoms. The van der Waals surface area contributed by atoms with Crippen molar-refractivity contribution in [1.29, 1.82) is 0 Å². The molecule has 3 aromatic rings. The number of nitrogens with one attached hydrogen (secondary N) is 1. The van der Waals surface area contributed by atoms with Crippen molar-refractivity contribution in [2.75, 3.05) is 55.3 Å². The maximum absolute atomic E-state index is 13.7. The molecule has 0 atom stereocenters. The zero-order valence-corrected chi connectivity index (χ0v) is 20.0. The lowest BCUT2D eigenvalue weighted by molar-refractivity contribution is -0.120. The van der Waals surface area contributed by atoms with Gasteiger partial charge in [0.05, 0.1) is 18.4 Å². The summed E-state index contributed by atoms with van der Waals surface area (Å²) in [6, 6.07) is 22.2. The molecule has 174 valence electrons. The van der Waals surface area contributed by atoms with Crippen LogP contribution in [0.5, 0.6) is 5.75 Å². The molecule has 4 rings (SSSR count). The van der Waals surface area contributed by atoms with Crippen LogP contribution in [0.3, 0.4) is 0 Å². The number of nitrogens with zero attached hydrogens (tertiary/aromatic N) is 3. The number of amides is 2. The lowest BCUT2D eigenvalue weighted by Gasteiger charge is -2.19. The van der Waals surface area contributed by atoms with E-state index in [2.05, 4.69) is 5.32 Å². The van der Waals surface area contributed by atoms with Crippen LogP contribution in [0.1, 0.15) is 5.56 Å². The van der Waals surface area contributed by atoms with Crippen LogP contribution < -0.4 is 24.8 Å². The molecule has 2 amide bonds. The van der Waals surface area contributed by atoms with Crippen LogP contribution in [0.25, 0.3) is 5.57 Å². The number of carbonyl (C=O) groups is 2. The van der Waals surface area contributed by atoms with Gasteiger partial charge in [-0.3, -0.25) is 9.59 Å². The number of imide groups is 1. The van der Waals surface area contributed by atoms with E-state index in [1.54, 1.807) is 25.3 Å². The summed E-state index contributed by atoms with van der Waals surface area (Å²) < 4.78 is 5.52. The average Bonchev–Trinajstić information content (AvgIpc) is 3.08. The Hall–Kier alpha value is -4.26. The predicted octanol–water partition coefficient (Wildman–Crippen LogP) is 4.22. The molecule has 1 aliphatic heterocycles. The zero-order chi connectivity index (χ0) is 24.4. The highest BCUT2D eigenvalue weighted by Gasteiger charge is 2.41. The summed E-state index contributed by atoms with van der Waals surface area (Å²) in [7, 11) is 9.30. The predicted molar refractivity (Wildman–Crippen MR) is 138 cm³/mol. The van der Waals surface area contributed by atoms with Gasteiger partial charge in [0, 0.05) is 50.8 Å². The summed E-state index contributed by atoms with van der Waals surface area (Å²) in [5.74, 6) is -0.305. The molecular formula is C27H28N4O3. The molecule has 0 radical (unpaired) electrons. The summed E-state index contributed by atoms with van der Waals surface area (Å²) in [4.78, 5) is 32.6. The standard InChI is InChI=1S/C27H28N4O3/c1-29(2)19-15-13-18(14-16-19)28-25-24(22-11-6-7-12-23(22)34-5)26(32)31(27(25)33)21-10-8-9-20(17-21)30(3)4/h6-17,28H,1-5H3. The number of rotatable bonds is 7. The van der Waals surface area contributed by atoms with E-state index < -0.39 is 11.8 Å². The van der Waals surface area contributed by atoms with Gasteiger partial charge in [0.15, 0.2) is 0 Å². The van der Waals surface area contributed by atoms with Crippen LogP contribution in [-0.4, -0.2) is 47.1 Å². The molecule has 0 unspecified atom stereocenters. The molecular weight excluding hydrogens is 428 g/mol. The van der Waals surface area contributed by atoms with Crippen molar-refractivity contribution in [1.82, 2.24) is 0 Å². The van der Waals surface area contributed by atoms with Gasteiger partial charge in [0.25, 0.3) is 11.8 Å².